The summed E-state index contributed by atoms with van der Waals surface area (Å²) in [6.45, 7) is 8.17. The average molecular weight is 352 g/mol. The third kappa shape index (κ3) is 5.53. The molecule has 1 atom stereocenters. The van der Waals surface area contributed by atoms with E-state index < -0.39 is 0 Å². The molecule has 0 bridgehead atoms. The second-order valence-electron chi connectivity index (χ2n) is 7.25. The van der Waals surface area contributed by atoms with Gasteiger partial charge in [-0.2, -0.15) is 0 Å². The number of rotatable bonds is 8. The Hall–Kier alpha value is -0.460. The summed E-state index contributed by atoms with van der Waals surface area (Å²) in [5.74, 6) is 0. The smallest absolute Gasteiger partial charge is 0.0586 e. The Bertz CT molecular complexity index is 473. The zero-order chi connectivity index (χ0) is 16.6. The number of hydrogen-bond acceptors (Lipinski definition) is 5. The monoisotopic (exact) mass is 351 g/mol. The van der Waals surface area contributed by atoms with Crippen molar-refractivity contribution in [2.24, 2.45) is 0 Å². The quantitative estimate of drug-likeness (QED) is 0.706. The van der Waals surface area contributed by atoms with Gasteiger partial charge in [0.2, 0.25) is 0 Å². The molecule has 5 heteroatoms. The summed E-state index contributed by atoms with van der Waals surface area (Å²) in [6.07, 6.45) is 7.84. The largest absolute Gasteiger partial charge is 0.395 e. The summed E-state index contributed by atoms with van der Waals surface area (Å²) in [5, 5.41) is 13.1. The van der Waals surface area contributed by atoms with Crippen molar-refractivity contribution in [1.82, 2.24) is 15.1 Å². The molecule has 2 aliphatic rings. The molecule has 1 aromatic heterocycles. The Morgan fingerprint density at radius 1 is 1.04 bits per heavy atom. The van der Waals surface area contributed by atoms with Gasteiger partial charge in [-0.25, -0.2) is 0 Å². The van der Waals surface area contributed by atoms with Crippen LogP contribution < -0.4 is 5.32 Å². The van der Waals surface area contributed by atoms with Crippen LogP contribution in [0, 0.1) is 0 Å². The molecule has 0 unspecified atom stereocenters. The number of nitrogens with zero attached hydrogens (tertiary/aromatic N) is 2. The highest BCUT2D eigenvalue weighted by Gasteiger charge is 2.20. The SMILES string of the molecule is OC[C@H]1CCCCN1CCNCc1ccc(CN2CCCCC2)s1. The van der Waals surface area contributed by atoms with Gasteiger partial charge in [-0.3, -0.25) is 9.80 Å². The highest BCUT2D eigenvalue weighted by atomic mass is 32.1. The third-order valence-corrected chi connectivity index (χ3v) is 6.45. The number of piperidine rings is 2. The van der Waals surface area contributed by atoms with E-state index in [9.17, 15) is 5.11 Å². The van der Waals surface area contributed by atoms with Gasteiger partial charge in [-0.05, 0) is 57.5 Å². The van der Waals surface area contributed by atoms with Gasteiger partial charge in [0, 0.05) is 42.0 Å². The lowest BCUT2D eigenvalue weighted by Gasteiger charge is -2.34. The second-order valence-corrected chi connectivity index (χ2v) is 8.50. The lowest BCUT2D eigenvalue weighted by molar-refractivity contribution is 0.0910. The van der Waals surface area contributed by atoms with Crippen LogP contribution in [0.5, 0.6) is 0 Å². The lowest BCUT2D eigenvalue weighted by atomic mass is 10.0. The van der Waals surface area contributed by atoms with Gasteiger partial charge in [-0.15, -0.1) is 11.3 Å². The first-order valence-electron chi connectivity index (χ1n) is 9.71. The first-order valence-corrected chi connectivity index (χ1v) is 10.5. The molecule has 24 heavy (non-hydrogen) atoms. The number of aliphatic hydroxyl groups is 1. The van der Waals surface area contributed by atoms with E-state index in [2.05, 4.69) is 27.2 Å². The maximum atomic E-state index is 9.47. The van der Waals surface area contributed by atoms with E-state index >= 15 is 0 Å². The summed E-state index contributed by atoms with van der Waals surface area (Å²) < 4.78 is 0. The van der Waals surface area contributed by atoms with Crippen LogP contribution in [0.2, 0.25) is 0 Å². The Balaban J connectivity index is 1.34. The number of likely N-dealkylation sites (tertiary alicyclic amines) is 2. The van der Waals surface area contributed by atoms with Crippen molar-refractivity contribution in [2.45, 2.75) is 57.7 Å². The fraction of sp³-hybridized carbons (Fsp3) is 0.789. The van der Waals surface area contributed by atoms with Crippen molar-refractivity contribution in [1.29, 1.82) is 0 Å². The van der Waals surface area contributed by atoms with Crippen molar-refractivity contribution >= 4 is 11.3 Å². The second kappa shape index (κ2) is 9.88. The van der Waals surface area contributed by atoms with Crippen LogP contribution in [0.25, 0.3) is 0 Å². The molecule has 2 fully saturated rings. The summed E-state index contributed by atoms with van der Waals surface area (Å²) in [4.78, 5) is 7.99. The fourth-order valence-corrected chi connectivity index (χ4v) is 4.97. The van der Waals surface area contributed by atoms with E-state index in [-0.39, 0.29) is 0 Å². The Labute approximate surface area is 150 Å². The predicted octanol–water partition coefficient (Wildman–Crippen LogP) is 2.67. The van der Waals surface area contributed by atoms with Crippen molar-refractivity contribution in [3.05, 3.63) is 21.9 Å². The van der Waals surface area contributed by atoms with Crippen LogP contribution in [-0.4, -0.2) is 60.3 Å². The van der Waals surface area contributed by atoms with E-state index in [4.69, 9.17) is 0 Å². The van der Waals surface area contributed by atoms with E-state index in [1.54, 1.807) is 0 Å². The molecular weight excluding hydrogens is 318 g/mol. The van der Waals surface area contributed by atoms with E-state index in [0.717, 1.165) is 39.1 Å². The first kappa shape index (κ1) is 18.3. The van der Waals surface area contributed by atoms with Crippen LogP contribution >= 0.6 is 11.3 Å². The van der Waals surface area contributed by atoms with Crippen molar-refractivity contribution in [2.75, 3.05) is 39.3 Å². The highest BCUT2D eigenvalue weighted by molar-refractivity contribution is 7.11. The zero-order valence-electron chi connectivity index (χ0n) is 14.9. The lowest BCUT2D eigenvalue weighted by Crippen LogP contribution is -2.44. The Morgan fingerprint density at radius 2 is 1.83 bits per heavy atom. The summed E-state index contributed by atoms with van der Waals surface area (Å²) in [5.41, 5.74) is 0. The minimum Gasteiger partial charge on any atom is -0.395 e. The number of nitrogens with one attached hydrogen (secondary N) is 1. The van der Waals surface area contributed by atoms with Crippen LogP contribution in [0.4, 0.5) is 0 Å². The van der Waals surface area contributed by atoms with Gasteiger partial charge >= 0.3 is 0 Å². The molecule has 136 valence electrons. The molecule has 2 aliphatic heterocycles. The normalized spacial score (nSPS) is 23.6. The predicted molar refractivity (Wildman–Crippen MR) is 101 cm³/mol. The molecule has 0 aliphatic carbocycles. The zero-order valence-corrected chi connectivity index (χ0v) is 15.7. The number of aliphatic hydroxyl groups excluding tert-OH is 1. The van der Waals surface area contributed by atoms with Gasteiger partial charge < -0.3 is 10.4 Å². The van der Waals surface area contributed by atoms with Crippen LogP contribution in [0.3, 0.4) is 0 Å². The molecule has 0 saturated carbocycles. The molecule has 3 rings (SSSR count). The number of hydrogen-bond donors (Lipinski definition) is 2. The molecule has 4 nitrogen and oxygen atoms in total. The number of thiophene rings is 1. The van der Waals surface area contributed by atoms with Crippen molar-refractivity contribution in [3.8, 4) is 0 Å². The maximum Gasteiger partial charge on any atom is 0.0586 e. The molecule has 0 aromatic carbocycles. The van der Waals surface area contributed by atoms with Gasteiger partial charge in [0.1, 0.15) is 0 Å². The van der Waals surface area contributed by atoms with E-state index in [0.29, 0.717) is 12.6 Å². The standard InChI is InChI=1S/C19H33N3OS/c23-16-17-6-2-5-12-22(17)13-9-20-14-18-7-8-19(24-18)15-21-10-3-1-4-11-21/h7-8,17,20,23H,1-6,9-16H2/t17-/m1/s1. The molecule has 0 amide bonds. The van der Waals surface area contributed by atoms with Crippen molar-refractivity contribution in [3.63, 3.8) is 0 Å². The molecule has 3 heterocycles. The minimum atomic E-state index is 0.310. The summed E-state index contributed by atoms with van der Waals surface area (Å²) in [6, 6.07) is 4.98. The molecule has 1 aromatic rings. The molecule has 0 spiro atoms. The maximum absolute atomic E-state index is 9.47. The molecular formula is C19H33N3OS. The highest BCUT2D eigenvalue weighted by Crippen LogP contribution is 2.20. The van der Waals surface area contributed by atoms with Crippen LogP contribution in [-0.2, 0) is 13.1 Å². The first-order chi connectivity index (χ1) is 11.8. The Kier molecular flexibility index (Phi) is 7.55. The average Bonchev–Trinajstić information content (AvgIpc) is 3.07. The van der Waals surface area contributed by atoms with Gasteiger partial charge in [0.15, 0.2) is 0 Å². The molecule has 0 radical (unpaired) electrons. The van der Waals surface area contributed by atoms with Crippen LogP contribution in [0.15, 0.2) is 12.1 Å². The third-order valence-electron chi connectivity index (χ3n) is 5.38. The summed E-state index contributed by atoms with van der Waals surface area (Å²) in [7, 11) is 0. The molecule has 2 N–H and O–H groups in total. The fourth-order valence-electron chi connectivity index (χ4n) is 3.94. The van der Waals surface area contributed by atoms with E-state index in [1.165, 1.54) is 54.9 Å². The van der Waals surface area contributed by atoms with Crippen LogP contribution in [0.1, 0.15) is 48.3 Å². The topological polar surface area (TPSA) is 38.7 Å². The summed E-state index contributed by atoms with van der Waals surface area (Å²) >= 11 is 1.96. The van der Waals surface area contributed by atoms with E-state index in [1.807, 2.05) is 11.3 Å². The van der Waals surface area contributed by atoms with Gasteiger partial charge in [0.05, 0.1) is 6.61 Å². The van der Waals surface area contributed by atoms with Gasteiger partial charge in [0.25, 0.3) is 0 Å². The van der Waals surface area contributed by atoms with Gasteiger partial charge in [-0.1, -0.05) is 12.8 Å². The minimum absolute atomic E-state index is 0.310. The molecule has 2 saturated heterocycles. The van der Waals surface area contributed by atoms with Crippen molar-refractivity contribution < 1.29 is 5.11 Å². The Morgan fingerprint density at radius 3 is 2.67 bits per heavy atom.